The summed E-state index contributed by atoms with van der Waals surface area (Å²) < 4.78 is 6.45. The first-order valence-corrected chi connectivity index (χ1v) is 10.5. The quantitative estimate of drug-likeness (QED) is 0.824. The van der Waals surface area contributed by atoms with Crippen LogP contribution < -0.4 is 0 Å². The van der Waals surface area contributed by atoms with Crippen molar-refractivity contribution in [2.45, 2.75) is 71.2 Å². The van der Waals surface area contributed by atoms with Crippen LogP contribution in [0, 0.1) is 19.8 Å². The molecule has 0 saturated carbocycles. The van der Waals surface area contributed by atoms with Crippen molar-refractivity contribution in [1.29, 1.82) is 0 Å². The second-order valence-electron chi connectivity index (χ2n) is 9.10. The van der Waals surface area contributed by atoms with Crippen molar-refractivity contribution >= 4 is 16.8 Å². The molecular weight excluding hydrogens is 352 g/mol. The Hall–Kier alpha value is -1.85. The highest BCUT2D eigenvalue weighted by Crippen LogP contribution is 2.39. The van der Waals surface area contributed by atoms with Gasteiger partial charge in [-0.2, -0.15) is 0 Å². The number of carbonyl (C=O) groups excluding carboxylic acids is 1. The Labute approximate surface area is 167 Å². The van der Waals surface area contributed by atoms with Crippen LogP contribution in [0.3, 0.4) is 0 Å². The molecule has 2 aliphatic heterocycles. The van der Waals surface area contributed by atoms with Crippen molar-refractivity contribution in [3.05, 3.63) is 35.0 Å². The molecule has 2 aliphatic rings. The van der Waals surface area contributed by atoms with Gasteiger partial charge in [0, 0.05) is 41.7 Å². The predicted molar refractivity (Wildman–Crippen MR) is 111 cm³/mol. The van der Waals surface area contributed by atoms with Crippen LogP contribution in [-0.2, 0) is 4.74 Å². The van der Waals surface area contributed by atoms with Crippen molar-refractivity contribution < 1.29 is 14.6 Å². The number of likely N-dealkylation sites (tertiary alicyclic amines) is 1. The molecule has 5 nitrogen and oxygen atoms in total. The number of fused-ring (bicyclic) bond motifs is 1. The van der Waals surface area contributed by atoms with Crippen LogP contribution in [0.25, 0.3) is 10.9 Å². The largest absolute Gasteiger partial charge is 0.393 e. The molecule has 1 aromatic carbocycles. The highest BCUT2D eigenvalue weighted by Gasteiger charge is 2.44. The number of rotatable bonds is 2. The first kappa shape index (κ1) is 19.5. The Morgan fingerprint density at radius 1 is 1.29 bits per heavy atom. The number of hydrogen-bond donors (Lipinski definition) is 2. The minimum Gasteiger partial charge on any atom is -0.393 e. The molecule has 0 radical (unpaired) electrons. The van der Waals surface area contributed by atoms with E-state index >= 15 is 0 Å². The molecule has 1 aromatic heterocycles. The summed E-state index contributed by atoms with van der Waals surface area (Å²) in [5, 5.41) is 11.5. The molecule has 0 aliphatic carbocycles. The van der Waals surface area contributed by atoms with Gasteiger partial charge in [-0.1, -0.05) is 13.8 Å². The maximum atomic E-state index is 13.1. The van der Waals surface area contributed by atoms with Gasteiger partial charge in [-0.05, 0) is 62.8 Å². The SMILES string of the molecule is Cc1[nH]c2ccc(C(=O)N3CCC4(CC3)C[C@H](O)C[C@H](C(C)C)O4)cc2c1C. The zero-order valence-electron chi connectivity index (χ0n) is 17.4. The summed E-state index contributed by atoms with van der Waals surface area (Å²) in [5.41, 5.74) is 3.89. The van der Waals surface area contributed by atoms with Gasteiger partial charge < -0.3 is 19.7 Å². The summed E-state index contributed by atoms with van der Waals surface area (Å²) in [6.45, 7) is 9.80. The van der Waals surface area contributed by atoms with E-state index in [1.807, 2.05) is 23.1 Å². The number of piperidine rings is 1. The first-order valence-electron chi connectivity index (χ1n) is 10.5. The monoisotopic (exact) mass is 384 g/mol. The summed E-state index contributed by atoms with van der Waals surface area (Å²) in [7, 11) is 0. The summed E-state index contributed by atoms with van der Waals surface area (Å²) in [4.78, 5) is 18.4. The van der Waals surface area contributed by atoms with Gasteiger partial charge in [-0.15, -0.1) is 0 Å². The number of aliphatic hydroxyl groups excluding tert-OH is 1. The van der Waals surface area contributed by atoms with E-state index in [2.05, 4.69) is 32.7 Å². The maximum Gasteiger partial charge on any atom is 0.253 e. The lowest BCUT2D eigenvalue weighted by molar-refractivity contribution is -0.190. The lowest BCUT2D eigenvalue weighted by Gasteiger charge is -2.48. The molecular formula is C23H32N2O3. The van der Waals surface area contributed by atoms with Crippen molar-refractivity contribution in [3.63, 3.8) is 0 Å². The molecule has 28 heavy (non-hydrogen) atoms. The second kappa shape index (κ2) is 7.20. The number of nitrogens with one attached hydrogen (secondary N) is 1. The molecule has 152 valence electrons. The number of benzene rings is 1. The molecule has 2 saturated heterocycles. The third kappa shape index (κ3) is 3.46. The lowest BCUT2D eigenvalue weighted by Crippen LogP contribution is -2.54. The molecule has 2 aromatic rings. The number of aryl methyl sites for hydroxylation is 2. The zero-order valence-corrected chi connectivity index (χ0v) is 17.4. The smallest absolute Gasteiger partial charge is 0.253 e. The Morgan fingerprint density at radius 2 is 2.00 bits per heavy atom. The number of ether oxygens (including phenoxy) is 1. The van der Waals surface area contributed by atoms with Crippen LogP contribution in [0.2, 0.25) is 0 Å². The van der Waals surface area contributed by atoms with Gasteiger partial charge in [0.25, 0.3) is 5.91 Å². The topological polar surface area (TPSA) is 65.6 Å². The molecule has 3 heterocycles. The summed E-state index contributed by atoms with van der Waals surface area (Å²) in [6.07, 6.45) is 2.80. The fraction of sp³-hybridized carbons (Fsp3) is 0.609. The Balaban J connectivity index is 1.47. The van der Waals surface area contributed by atoms with E-state index in [4.69, 9.17) is 4.74 Å². The van der Waals surface area contributed by atoms with Crippen molar-refractivity contribution in [2.75, 3.05) is 13.1 Å². The highest BCUT2D eigenvalue weighted by atomic mass is 16.5. The lowest BCUT2D eigenvalue weighted by atomic mass is 9.80. The van der Waals surface area contributed by atoms with Gasteiger partial charge in [0.15, 0.2) is 0 Å². The number of aromatic amines is 1. The number of hydrogen-bond acceptors (Lipinski definition) is 3. The molecule has 2 N–H and O–H groups in total. The zero-order chi connectivity index (χ0) is 20.1. The molecule has 5 heteroatoms. The predicted octanol–water partition coefficient (Wildman–Crippen LogP) is 3.96. The number of H-pyrrole nitrogens is 1. The van der Waals surface area contributed by atoms with Crippen molar-refractivity contribution in [1.82, 2.24) is 9.88 Å². The fourth-order valence-electron chi connectivity index (χ4n) is 4.82. The summed E-state index contributed by atoms with van der Waals surface area (Å²) in [5.74, 6) is 0.484. The van der Waals surface area contributed by atoms with Crippen LogP contribution in [0.1, 0.15) is 61.1 Å². The standard InChI is InChI=1S/C23H32N2O3/c1-14(2)21-12-18(26)13-23(28-21)7-9-25(10-8-23)22(27)17-5-6-20-19(11-17)15(3)16(4)24-20/h5-6,11,14,18,21,24,26H,7-10,12-13H2,1-4H3/t18-,21-/m1/s1. The van der Waals surface area contributed by atoms with Gasteiger partial charge in [0.2, 0.25) is 0 Å². The van der Waals surface area contributed by atoms with Gasteiger partial charge in [0.1, 0.15) is 0 Å². The van der Waals surface area contributed by atoms with Crippen LogP contribution in [0.5, 0.6) is 0 Å². The van der Waals surface area contributed by atoms with Gasteiger partial charge in [-0.25, -0.2) is 0 Å². The van der Waals surface area contributed by atoms with Gasteiger partial charge >= 0.3 is 0 Å². The minimum absolute atomic E-state index is 0.0896. The minimum atomic E-state index is -0.300. The average Bonchev–Trinajstić information content (AvgIpc) is 2.95. The molecule has 0 bridgehead atoms. The molecule has 1 amide bonds. The van der Waals surface area contributed by atoms with Gasteiger partial charge in [0.05, 0.1) is 17.8 Å². The molecule has 4 rings (SSSR count). The van der Waals surface area contributed by atoms with Crippen LogP contribution >= 0.6 is 0 Å². The van der Waals surface area contributed by atoms with Crippen molar-refractivity contribution in [2.24, 2.45) is 5.92 Å². The number of amides is 1. The number of aliphatic hydroxyl groups is 1. The number of nitrogens with zero attached hydrogens (tertiary/aromatic N) is 1. The average molecular weight is 385 g/mol. The third-order valence-electron chi connectivity index (χ3n) is 6.77. The van der Waals surface area contributed by atoms with Crippen LogP contribution in [0.15, 0.2) is 18.2 Å². The van der Waals surface area contributed by atoms with Gasteiger partial charge in [-0.3, -0.25) is 4.79 Å². The van der Waals surface area contributed by atoms with E-state index in [1.54, 1.807) is 0 Å². The van der Waals surface area contributed by atoms with E-state index in [0.717, 1.165) is 41.4 Å². The first-order chi connectivity index (χ1) is 13.3. The van der Waals surface area contributed by atoms with Crippen LogP contribution in [0.4, 0.5) is 0 Å². The molecule has 2 atom stereocenters. The molecule has 2 fully saturated rings. The van der Waals surface area contributed by atoms with E-state index in [-0.39, 0.29) is 23.7 Å². The Bertz CT molecular complexity index is 877. The maximum absolute atomic E-state index is 13.1. The van der Waals surface area contributed by atoms with E-state index in [1.165, 1.54) is 5.56 Å². The Kier molecular flexibility index (Phi) is 5.00. The Morgan fingerprint density at radius 3 is 2.68 bits per heavy atom. The second-order valence-corrected chi connectivity index (χ2v) is 9.10. The van der Waals surface area contributed by atoms with E-state index in [9.17, 15) is 9.90 Å². The van der Waals surface area contributed by atoms with Crippen molar-refractivity contribution in [3.8, 4) is 0 Å². The summed E-state index contributed by atoms with van der Waals surface area (Å²) in [6, 6.07) is 5.93. The normalized spacial score (nSPS) is 25.0. The summed E-state index contributed by atoms with van der Waals surface area (Å²) >= 11 is 0. The van der Waals surface area contributed by atoms with Crippen LogP contribution in [-0.4, -0.2) is 51.8 Å². The third-order valence-corrected chi connectivity index (χ3v) is 6.77. The molecule has 0 unspecified atom stereocenters. The van der Waals surface area contributed by atoms with E-state index < -0.39 is 0 Å². The molecule has 1 spiro atoms. The number of aromatic nitrogens is 1. The fourth-order valence-corrected chi connectivity index (χ4v) is 4.82. The van der Waals surface area contributed by atoms with E-state index in [0.29, 0.717) is 25.4 Å². The number of carbonyl (C=O) groups is 1. The highest BCUT2D eigenvalue weighted by molar-refractivity contribution is 5.99.